The minimum Gasteiger partial charge on any atom is -0.493 e. The summed E-state index contributed by atoms with van der Waals surface area (Å²) < 4.78 is 36.1. The van der Waals surface area contributed by atoms with E-state index in [9.17, 15) is 18.0 Å². The second-order valence-electron chi connectivity index (χ2n) is 5.89. The minimum absolute atomic E-state index is 0.120. The van der Waals surface area contributed by atoms with Crippen molar-refractivity contribution in [2.45, 2.75) is 14.7 Å². The molecule has 0 aliphatic heterocycles. The topological polar surface area (TPSA) is 86.7 Å². The van der Waals surface area contributed by atoms with Crippen LogP contribution in [0, 0.1) is 0 Å². The maximum atomic E-state index is 12.8. The van der Waals surface area contributed by atoms with Gasteiger partial charge in [0.15, 0.2) is 0 Å². The summed E-state index contributed by atoms with van der Waals surface area (Å²) in [6, 6.07) is 12.7. The van der Waals surface area contributed by atoms with Gasteiger partial charge in [-0.25, -0.2) is 13.2 Å². The van der Waals surface area contributed by atoms with E-state index in [-0.39, 0.29) is 21.5 Å². The Balaban J connectivity index is 1.92. The first-order valence-corrected chi connectivity index (χ1v) is 12.6. The molecular weight excluding hydrogens is 456 g/mol. The largest absolute Gasteiger partial charge is 0.493 e. The lowest BCUT2D eigenvalue weighted by Gasteiger charge is -2.08. The number of sulfone groups is 1. The predicted molar refractivity (Wildman–Crippen MR) is 123 cm³/mol. The zero-order valence-corrected chi connectivity index (χ0v) is 19.1. The average Bonchev–Trinajstić information content (AvgIpc) is 2.79. The molecule has 0 spiro atoms. The van der Waals surface area contributed by atoms with Crippen molar-refractivity contribution in [1.29, 1.82) is 0 Å². The number of hydrogen-bond acceptors (Lipinski definition) is 8. The van der Waals surface area contributed by atoms with Gasteiger partial charge in [-0.2, -0.15) is 0 Å². The number of rotatable bonds is 12. The lowest BCUT2D eigenvalue weighted by molar-refractivity contribution is -0.137. The van der Waals surface area contributed by atoms with Crippen LogP contribution >= 0.6 is 23.5 Å². The molecular formula is C22H22O6S3. The lowest BCUT2D eigenvalue weighted by Crippen LogP contribution is -2.04. The highest BCUT2D eigenvalue weighted by molar-refractivity contribution is 8.14. The lowest BCUT2D eigenvalue weighted by atomic mass is 10.3. The van der Waals surface area contributed by atoms with Crippen molar-refractivity contribution in [3.05, 3.63) is 73.8 Å². The third-order valence-corrected chi connectivity index (χ3v) is 7.38. The molecule has 2 aromatic rings. The van der Waals surface area contributed by atoms with E-state index in [1.165, 1.54) is 30.0 Å². The Labute approximate surface area is 190 Å². The zero-order valence-electron chi connectivity index (χ0n) is 16.7. The number of benzene rings is 2. The third-order valence-electron chi connectivity index (χ3n) is 3.79. The van der Waals surface area contributed by atoms with Gasteiger partial charge in [-0.05, 0) is 54.6 Å². The maximum absolute atomic E-state index is 12.8. The smallest absolute Gasteiger partial charge is 0.330 e. The first-order chi connectivity index (χ1) is 14.9. The molecule has 0 aliphatic rings. The van der Waals surface area contributed by atoms with Gasteiger partial charge in [0.05, 0.1) is 16.4 Å². The van der Waals surface area contributed by atoms with E-state index in [2.05, 4.69) is 13.2 Å². The summed E-state index contributed by atoms with van der Waals surface area (Å²) in [7, 11) is -3.66. The third kappa shape index (κ3) is 7.93. The van der Waals surface area contributed by atoms with E-state index in [0.29, 0.717) is 23.9 Å². The Morgan fingerprint density at radius 2 is 1.48 bits per heavy atom. The predicted octanol–water partition coefficient (Wildman–Crippen LogP) is 4.17. The van der Waals surface area contributed by atoms with Crippen molar-refractivity contribution in [1.82, 2.24) is 0 Å². The number of carbonyl (C=O) groups is 2. The number of carbonyl (C=O) groups excluding carboxylic acids is 2. The summed E-state index contributed by atoms with van der Waals surface area (Å²) in [6.07, 6.45) is 2.35. The van der Waals surface area contributed by atoms with E-state index in [1.807, 2.05) is 0 Å². The molecule has 0 amide bonds. The fraction of sp³-hybridized carbons (Fsp3) is 0.182. The zero-order chi connectivity index (χ0) is 22.7. The molecule has 0 bridgehead atoms. The maximum Gasteiger partial charge on any atom is 0.330 e. The van der Waals surface area contributed by atoms with Crippen molar-refractivity contribution in [3.63, 3.8) is 0 Å². The molecule has 0 saturated carbocycles. The molecule has 0 radical (unpaired) electrons. The van der Waals surface area contributed by atoms with Crippen molar-refractivity contribution in [3.8, 4) is 5.75 Å². The summed E-state index contributed by atoms with van der Waals surface area (Å²) in [5.41, 5.74) is 0. The van der Waals surface area contributed by atoms with E-state index in [0.717, 1.165) is 22.7 Å². The molecule has 2 aromatic carbocycles. The van der Waals surface area contributed by atoms with Crippen molar-refractivity contribution in [2.24, 2.45) is 0 Å². The molecule has 6 nitrogen and oxygen atoms in total. The molecule has 0 N–H and O–H groups in total. The van der Waals surface area contributed by atoms with Gasteiger partial charge in [-0.1, -0.05) is 24.9 Å². The highest BCUT2D eigenvalue weighted by atomic mass is 32.2. The standard InChI is InChI=1S/C22H22O6S3/c1-3-21(23)28-14-15-29-18-7-11-20(12-8-18)31(25,26)19-9-5-17(6-10-19)27-13-16-30-22(24)4-2/h3-12H,1-2,13-16H2. The van der Waals surface area contributed by atoms with Crippen LogP contribution in [-0.2, 0) is 24.2 Å². The van der Waals surface area contributed by atoms with Crippen LogP contribution in [0.4, 0.5) is 0 Å². The summed E-state index contributed by atoms with van der Waals surface area (Å²) in [5, 5.41) is -0.120. The van der Waals surface area contributed by atoms with Crippen LogP contribution in [-0.4, -0.2) is 44.2 Å². The molecule has 0 aromatic heterocycles. The monoisotopic (exact) mass is 478 g/mol. The first kappa shape index (κ1) is 24.8. The van der Waals surface area contributed by atoms with Gasteiger partial charge < -0.3 is 9.47 Å². The summed E-state index contributed by atoms with van der Waals surface area (Å²) in [4.78, 5) is 23.3. The van der Waals surface area contributed by atoms with Gasteiger partial charge >= 0.3 is 5.97 Å². The van der Waals surface area contributed by atoms with Crippen LogP contribution in [0.1, 0.15) is 0 Å². The highest BCUT2D eigenvalue weighted by Crippen LogP contribution is 2.26. The summed E-state index contributed by atoms with van der Waals surface area (Å²) in [6.45, 7) is 7.29. The number of ether oxygens (including phenoxy) is 2. The van der Waals surface area contributed by atoms with Crippen molar-refractivity contribution in [2.75, 3.05) is 24.7 Å². The van der Waals surface area contributed by atoms with Crippen molar-refractivity contribution >= 4 is 44.4 Å². The van der Waals surface area contributed by atoms with Crippen LogP contribution < -0.4 is 4.74 Å². The fourth-order valence-corrected chi connectivity index (χ4v) is 4.77. The van der Waals surface area contributed by atoms with Crippen LogP contribution in [0.2, 0.25) is 0 Å². The molecule has 0 atom stereocenters. The van der Waals surface area contributed by atoms with Crippen LogP contribution in [0.5, 0.6) is 5.75 Å². The Morgan fingerprint density at radius 3 is 2.06 bits per heavy atom. The van der Waals surface area contributed by atoms with Crippen molar-refractivity contribution < 1.29 is 27.5 Å². The molecule has 0 heterocycles. The highest BCUT2D eigenvalue weighted by Gasteiger charge is 2.17. The van der Waals surface area contributed by atoms with Gasteiger partial charge in [-0.3, -0.25) is 4.79 Å². The molecule has 164 valence electrons. The second kappa shape index (κ2) is 12.4. The fourth-order valence-electron chi connectivity index (χ4n) is 2.29. The molecule has 0 fully saturated rings. The van der Waals surface area contributed by atoms with E-state index in [1.54, 1.807) is 36.4 Å². The number of thioether (sulfide) groups is 2. The summed E-state index contributed by atoms with van der Waals surface area (Å²) >= 11 is 2.56. The van der Waals surface area contributed by atoms with Gasteiger partial charge in [0.2, 0.25) is 15.0 Å². The first-order valence-electron chi connectivity index (χ1n) is 9.16. The Morgan fingerprint density at radius 1 is 0.871 bits per heavy atom. The van der Waals surface area contributed by atoms with Crippen LogP contribution in [0.3, 0.4) is 0 Å². The van der Waals surface area contributed by atoms with Gasteiger partial charge in [0.1, 0.15) is 12.4 Å². The molecule has 2 rings (SSSR count). The number of hydrogen-bond donors (Lipinski definition) is 0. The number of esters is 1. The molecule has 9 heteroatoms. The van der Waals surface area contributed by atoms with Gasteiger partial charge in [-0.15, -0.1) is 11.8 Å². The SMILES string of the molecule is C=CC(=O)OCCSc1ccc(S(=O)(=O)c2ccc(OCCSC(=O)C=C)cc2)cc1. The molecule has 0 aliphatic carbocycles. The Kier molecular flexibility index (Phi) is 9.90. The second-order valence-corrected chi connectivity index (χ2v) is 10.1. The normalized spacial score (nSPS) is 10.8. The van der Waals surface area contributed by atoms with E-state index >= 15 is 0 Å². The van der Waals surface area contributed by atoms with E-state index in [4.69, 9.17) is 9.47 Å². The summed E-state index contributed by atoms with van der Waals surface area (Å²) in [5.74, 6) is 1.08. The molecule has 0 unspecified atom stereocenters. The molecule has 31 heavy (non-hydrogen) atoms. The van der Waals surface area contributed by atoms with Gasteiger partial charge in [0, 0.05) is 22.5 Å². The van der Waals surface area contributed by atoms with Crippen LogP contribution in [0.15, 0.2) is 88.5 Å². The Hall–Kier alpha value is -2.49. The minimum atomic E-state index is -3.66. The average molecular weight is 479 g/mol. The van der Waals surface area contributed by atoms with Crippen LogP contribution in [0.25, 0.3) is 0 Å². The quantitative estimate of drug-likeness (QED) is 0.194. The van der Waals surface area contributed by atoms with E-state index < -0.39 is 15.8 Å². The Bertz CT molecular complexity index is 935. The van der Waals surface area contributed by atoms with Gasteiger partial charge in [0.25, 0.3) is 0 Å². The molecule has 0 saturated heterocycles.